The van der Waals surface area contributed by atoms with Gasteiger partial charge in [0.05, 0.1) is 7.05 Å². The summed E-state index contributed by atoms with van der Waals surface area (Å²) in [6.45, 7) is 0.339. The third kappa shape index (κ3) is 5.08. The molecule has 6 rings (SSSR count). The quantitative estimate of drug-likeness (QED) is 0.198. The zero-order valence-corrected chi connectivity index (χ0v) is 23.7. The molecule has 1 fully saturated rings. The van der Waals surface area contributed by atoms with Gasteiger partial charge < -0.3 is 14.3 Å². The van der Waals surface area contributed by atoms with E-state index in [1.807, 2.05) is 18.2 Å². The van der Waals surface area contributed by atoms with E-state index < -0.39 is 31.0 Å². The van der Waals surface area contributed by atoms with E-state index in [0.29, 0.717) is 23.8 Å². The number of ether oxygens (including phenoxy) is 1. The van der Waals surface area contributed by atoms with Crippen molar-refractivity contribution in [2.24, 2.45) is 0 Å². The Morgan fingerprint density at radius 1 is 0.952 bits per heavy atom. The lowest BCUT2D eigenvalue weighted by Gasteiger charge is -2.31. The number of aromatic nitrogens is 1. The highest BCUT2D eigenvalue weighted by Crippen LogP contribution is 2.45. The van der Waals surface area contributed by atoms with E-state index in [0.717, 1.165) is 24.0 Å². The van der Waals surface area contributed by atoms with Crippen molar-refractivity contribution < 1.29 is 22.7 Å². The molecule has 0 amide bonds. The van der Waals surface area contributed by atoms with Crippen molar-refractivity contribution in [3.05, 3.63) is 131 Å². The van der Waals surface area contributed by atoms with E-state index in [2.05, 4.69) is 4.98 Å². The summed E-state index contributed by atoms with van der Waals surface area (Å²) in [6, 6.07) is 27.0. The third-order valence-electron chi connectivity index (χ3n) is 7.53. The number of aromatic hydroxyl groups is 1. The van der Waals surface area contributed by atoms with Gasteiger partial charge in [0.2, 0.25) is 0 Å². The predicted octanol–water partition coefficient (Wildman–Crippen LogP) is 6.52. The van der Waals surface area contributed by atoms with Gasteiger partial charge in [-0.3, -0.25) is 4.98 Å². The summed E-state index contributed by atoms with van der Waals surface area (Å²) in [5.74, 6) is 0.526. The lowest BCUT2D eigenvalue weighted by atomic mass is 10.1. The number of hydrogen-bond donors (Lipinski definition) is 1. The van der Waals surface area contributed by atoms with Crippen molar-refractivity contribution in [2.45, 2.75) is 30.3 Å². The highest BCUT2D eigenvalue weighted by Gasteiger charge is 2.49. The van der Waals surface area contributed by atoms with E-state index in [1.54, 1.807) is 79.1 Å². The Bertz CT molecular complexity index is 1890. The van der Waals surface area contributed by atoms with Crippen LogP contribution in [0.4, 0.5) is 11.4 Å². The van der Waals surface area contributed by atoms with Gasteiger partial charge in [-0.25, -0.2) is 4.79 Å². The lowest BCUT2D eigenvalue weighted by Crippen LogP contribution is -2.48. The highest BCUT2D eigenvalue weighted by molar-refractivity contribution is 7.91. The first-order chi connectivity index (χ1) is 20.3. The topological polar surface area (TPSA) is 107 Å². The summed E-state index contributed by atoms with van der Waals surface area (Å²) in [7, 11) is -2.91. The van der Waals surface area contributed by atoms with E-state index in [4.69, 9.17) is 9.15 Å². The molecule has 1 saturated carbocycles. The molecule has 0 spiro atoms. The van der Waals surface area contributed by atoms with Crippen molar-refractivity contribution in [3.63, 3.8) is 0 Å². The molecule has 3 aromatic carbocycles. The number of pyridine rings is 1. The van der Waals surface area contributed by atoms with E-state index in [9.17, 15) is 18.3 Å². The van der Waals surface area contributed by atoms with Gasteiger partial charge in [-0.05, 0) is 66.8 Å². The monoisotopic (exact) mass is 581 g/mol. The Hall–Kier alpha value is -4.73. The van der Waals surface area contributed by atoms with E-state index in [1.165, 1.54) is 19.2 Å². The molecule has 5 aromatic rings. The first-order valence-corrected chi connectivity index (χ1v) is 15.0. The van der Waals surface area contributed by atoms with Crippen LogP contribution in [-0.4, -0.2) is 25.6 Å². The van der Waals surface area contributed by atoms with Crippen molar-refractivity contribution in [1.82, 2.24) is 8.87 Å². The maximum Gasteiger partial charge on any atom is 0.403 e. The Balaban J connectivity index is 1.38. The fourth-order valence-electron chi connectivity index (χ4n) is 5.03. The second-order valence-corrected chi connectivity index (χ2v) is 12.5. The SMILES string of the molecule is C[N+](c1ccccc1)(c1c(O)cc(-c2ccc(OCc3cccnc3)cc2)oc1=O)S(=O)(=O)c1cccc(C2CC2)c1. The summed E-state index contributed by atoms with van der Waals surface area (Å²) in [5.41, 5.74) is 1.28. The minimum atomic E-state index is -4.30. The lowest BCUT2D eigenvalue weighted by molar-refractivity contribution is 0.306. The maximum absolute atomic E-state index is 14.4. The molecule has 42 heavy (non-hydrogen) atoms. The van der Waals surface area contributed by atoms with Crippen molar-refractivity contribution in [3.8, 4) is 22.8 Å². The summed E-state index contributed by atoms with van der Waals surface area (Å²) in [5, 5.41) is 11.3. The van der Waals surface area contributed by atoms with Gasteiger partial charge in [0.25, 0.3) is 5.69 Å². The molecule has 0 radical (unpaired) electrons. The second kappa shape index (κ2) is 10.9. The molecule has 1 aliphatic carbocycles. The molecule has 212 valence electrons. The number of rotatable bonds is 9. The molecular formula is C33H29N2O6S+. The van der Waals surface area contributed by atoms with Crippen molar-refractivity contribution >= 4 is 21.4 Å². The van der Waals surface area contributed by atoms with Crippen LogP contribution in [0.25, 0.3) is 11.3 Å². The summed E-state index contributed by atoms with van der Waals surface area (Å²) in [4.78, 5) is 17.7. The normalized spacial score (nSPS) is 14.7. The average Bonchev–Trinajstić information content (AvgIpc) is 3.87. The van der Waals surface area contributed by atoms with Crippen LogP contribution in [0.3, 0.4) is 0 Å². The molecular weight excluding hydrogens is 552 g/mol. The number of benzene rings is 3. The smallest absolute Gasteiger partial charge is 0.403 e. The average molecular weight is 582 g/mol. The summed E-state index contributed by atoms with van der Waals surface area (Å²) in [6.07, 6.45) is 5.44. The van der Waals surface area contributed by atoms with Crippen LogP contribution in [0.2, 0.25) is 0 Å². The Morgan fingerprint density at radius 3 is 2.38 bits per heavy atom. The third-order valence-corrected chi connectivity index (χ3v) is 9.74. The molecule has 1 aliphatic rings. The molecule has 2 heterocycles. The van der Waals surface area contributed by atoms with Gasteiger partial charge in [-0.1, -0.05) is 36.4 Å². The summed E-state index contributed by atoms with van der Waals surface area (Å²) >= 11 is 0. The molecule has 8 nitrogen and oxygen atoms in total. The maximum atomic E-state index is 14.4. The predicted molar refractivity (Wildman–Crippen MR) is 160 cm³/mol. The van der Waals surface area contributed by atoms with Gasteiger partial charge in [0.15, 0.2) is 11.4 Å². The molecule has 0 saturated heterocycles. The standard InChI is InChI=1S/C33H28N2O6S/c1-35(27-9-3-2-4-10-27,42(38,39)29-11-5-8-26(19-29)24-12-13-24)32-30(36)20-31(41-33(32)37)25-14-16-28(17-15-25)40-22-23-7-6-18-34-21-23/h2-11,14-21,24H,12-13,22H2,1H3/p+1. The van der Waals surface area contributed by atoms with Gasteiger partial charge in [-0.15, -0.1) is 3.89 Å². The van der Waals surface area contributed by atoms with Gasteiger partial charge >= 0.3 is 15.6 Å². The molecule has 1 atom stereocenters. The second-order valence-electron chi connectivity index (χ2n) is 10.4. The number of nitrogens with zero attached hydrogens (tertiary/aromatic N) is 2. The number of sulfonamides is 1. The van der Waals surface area contributed by atoms with Gasteiger partial charge in [0, 0.05) is 41.7 Å². The molecule has 0 aliphatic heterocycles. The van der Waals surface area contributed by atoms with Crippen LogP contribution in [-0.2, 0) is 16.6 Å². The minimum absolute atomic E-state index is 0.0583. The van der Waals surface area contributed by atoms with Crippen LogP contribution in [0.15, 0.2) is 124 Å². The molecule has 1 N–H and O–H groups in total. The fourth-order valence-corrected chi connectivity index (χ4v) is 6.80. The Kier molecular flexibility index (Phi) is 7.14. The highest BCUT2D eigenvalue weighted by atomic mass is 32.2. The molecule has 0 bridgehead atoms. The Morgan fingerprint density at radius 2 is 1.71 bits per heavy atom. The van der Waals surface area contributed by atoms with Crippen molar-refractivity contribution in [1.29, 1.82) is 0 Å². The summed E-state index contributed by atoms with van der Waals surface area (Å²) < 4.78 is 39.2. The first-order valence-electron chi connectivity index (χ1n) is 13.5. The number of hydrogen-bond acceptors (Lipinski definition) is 7. The minimum Gasteiger partial charge on any atom is -0.502 e. The van der Waals surface area contributed by atoms with Crippen LogP contribution < -0.4 is 14.3 Å². The zero-order chi connectivity index (χ0) is 29.3. The molecule has 1 unspecified atom stereocenters. The van der Waals surface area contributed by atoms with Crippen LogP contribution in [0.1, 0.15) is 29.9 Å². The molecule has 9 heteroatoms. The van der Waals surface area contributed by atoms with Gasteiger partial charge in [0.1, 0.15) is 23.0 Å². The van der Waals surface area contributed by atoms with Crippen LogP contribution in [0.5, 0.6) is 11.5 Å². The largest absolute Gasteiger partial charge is 0.502 e. The van der Waals surface area contributed by atoms with Crippen LogP contribution >= 0.6 is 0 Å². The van der Waals surface area contributed by atoms with Crippen molar-refractivity contribution in [2.75, 3.05) is 7.05 Å². The van der Waals surface area contributed by atoms with E-state index >= 15 is 0 Å². The van der Waals surface area contributed by atoms with Crippen LogP contribution in [0, 0.1) is 0 Å². The number of para-hydroxylation sites is 1. The Labute approximate surface area is 243 Å². The number of quaternary nitrogens is 1. The van der Waals surface area contributed by atoms with Gasteiger partial charge in [-0.2, -0.15) is 8.42 Å². The first kappa shape index (κ1) is 27.4. The fraction of sp³-hybridized carbons (Fsp3) is 0.152. The molecule has 2 aromatic heterocycles. The van der Waals surface area contributed by atoms with E-state index in [-0.39, 0.29) is 16.3 Å². The zero-order valence-electron chi connectivity index (χ0n) is 22.9.